The number of carbonyl (C=O) groups is 1. The number of piperazine rings is 1. The molecule has 5 heterocycles. The Labute approximate surface area is 232 Å². The van der Waals surface area contributed by atoms with Gasteiger partial charge in [-0.05, 0) is 39.3 Å². The fourth-order valence-corrected chi connectivity index (χ4v) is 7.00. The van der Waals surface area contributed by atoms with Gasteiger partial charge in [-0.25, -0.2) is 9.97 Å². The molecule has 0 radical (unpaired) electrons. The van der Waals surface area contributed by atoms with E-state index < -0.39 is 5.54 Å². The van der Waals surface area contributed by atoms with Gasteiger partial charge in [-0.3, -0.25) is 14.6 Å². The van der Waals surface area contributed by atoms with Gasteiger partial charge in [0.2, 0.25) is 5.91 Å². The third-order valence-electron chi connectivity index (χ3n) is 8.45. The van der Waals surface area contributed by atoms with E-state index in [1.54, 1.807) is 0 Å². The van der Waals surface area contributed by atoms with Crippen LogP contribution in [-0.2, 0) is 16.1 Å². The Hall–Kier alpha value is -3.05. The largest absolute Gasteiger partial charge is 0.377 e. The number of aromatic amines is 1. The molecule has 2 saturated heterocycles. The van der Waals surface area contributed by atoms with Crippen molar-refractivity contribution in [3.05, 3.63) is 40.9 Å². The summed E-state index contributed by atoms with van der Waals surface area (Å²) in [6.45, 7) is 14.7. The number of primary amides is 1. The van der Waals surface area contributed by atoms with Gasteiger partial charge in [0.25, 0.3) is 0 Å². The number of morpholine rings is 1. The molecule has 0 aliphatic carbocycles. The lowest BCUT2D eigenvalue weighted by molar-refractivity contribution is -0.129. The molecule has 0 bridgehead atoms. The van der Waals surface area contributed by atoms with E-state index in [1.165, 1.54) is 10.4 Å². The normalized spacial score (nSPS) is 19.8. The first-order valence-corrected chi connectivity index (χ1v) is 14.5. The van der Waals surface area contributed by atoms with Gasteiger partial charge in [0.05, 0.1) is 35.0 Å². The van der Waals surface area contributed by atoms with Crippen molar-refractivity contribution < 1.29 is 9.53 Å². The maximum Gasteiger partial charge on any atom is 0.237 e. The molecule has 206 valence electrons. The standard InChI is InChI=1S/C29H37N7O2S/c1-18-17-38-14-13-36(18)27-25-24(32-26(33-27)21-15-31-22-8-6-5-7-20(21)22)19(2)23(39-25)16-34-9-11-35(12-10-34)29(3,4)28(30)37/h5-8,15,18,31H,9-14,16-17H2,1-4H3,(H2,30,37). The van der Waals surface area contributed by atoms with Crippen LogP contribution in [0, 0.1) is 6.92 Å². The molecule has 3 aromatic heterocycles. The Morgan fingerprint density at radius 3 is 2.69 bits per heavy atom. The maximum atomic E-state index is 11.9. The zero-order valence-corrected chi connectivity index (χ0v) is 24.0. The van der Waals surface area contributed by atoms with Gasteiger partial charge in [-0.1, -0.05) is 18.2 Å². The van der Waals surface area contributed by atoms with Crippen molar-refractivity contribution in [2.45, 2.75) is 45.8 Å². The highest BCUT2D eigenvalue weighted by Gasteiger charge is 2.35. The molecule has 9 nitrogen and oxygen atoms in total. The third kappa shape index (κ3) is 4.69. The highest BCUT2D eigenvalue weighted by atomic mass is 32.1. The topological polar surface area (TPSA) is 104 Å². The van der Waals surface area contributed by atoms with Crippen LogP contribution in [-0.4, -0.2) is 88.2 Å². The number of nitrogens with one attached hydrogen (secondary N) is 1. The molecule has 0 spiro atoms. The second-order valence-corrected chi connectivity index (χ2v) is 12.4. The molecule has 2 aliphatic heterocycles. The Morgan fingerprint density at radius 1 is 1.18 bits per heavy atom. The van der Waals surface area contributed by atoms with E-state index in [4.69, 9.17) is 20.4 Å². The van der Waals surface area contributed by atoms with Crippen molar-refractivity contribution in [3.63, 3.8) is 0 Å². The molecule has 39 heavy (non-hydrogen) atoms. The van der Waals surface area contributed by atoms with Crippen LogP contribution in [0.5, 0.6) is 0 Å². The average molecular weight is 548 g/mol. The van der Waals surface area contributed by atoms with Crippen LogP contribution in [0.25, 0.3) is 32.5 Å². The number of anilines is 1. The van der Waals surface area contributed by atoms with Crippen LogP contribution in [0.1, 0.15) is 31.2 Å². The number of hydrogen-bond acceptors (Lipinski definition) is 8. The number of aryl methyl sites for hydroxylation is 1. The van der Waals surface area contributed by atoms with E-state index >= 15 is 0 Å². The zero-order chi connectivity index (χ0) is 27.3. The van der Waals surface area contributed by atoms with Crippen molar-refractivity contribution in [2.24, 2.45) is 5.73 Å². The summed E-state index contributed by atoms with van der Waals surface area (Å²) in [5.74, 6) is 1.48. The summed E-state index contributed by atoms with van der Waals surface area (Å²) in [4.78, 5) is 34.1. The lowest BCUT2D eigenvalue weighted by atomic mass is 10.0. The van der Waals surface area contributed by atoms with Gasteiger partial charge in [-0.15, -0.1) is 11.3 Å². The van der Waals surface area contributed by atoms with Crippen LogP contribution in [0.2, 0.25) is 0 Å². The number of nitrogens with two attached hydrogens (primary N) is 1. The number of amides is 1. The minimum Gasteiger partial charge on any atom is -0.377 e. The molecule has 3 N–H and O–H groups in total. The first-order chi connectivity index (χ1) is 18.7. The summed E-state index contributed by atoms with van der Waals surface area (Å²) in [6.07, 6.45) is 2.02. The van der Waals surface area contributed by atoms with E-state index in [1.807, 2.05) is 37.4 Å². The number of para-hydroxylation sites is 1. The number of nitrogens with zero attached hydrogens (tertiary/aromatic N) is 5. The fraction of sp³-hybridized carbons (Fsp3) is 0.483. The van der Waals surface area contributed by atoms with Crippen LogP contribution < -0.4 is 10.6 Å². The van der Waals surface area contributed by atoms with Gasteiger partial charge in [0, 0.05) is 66.8 Å². The molecule has 1 aromatic carbocycles. The molecule has 0 saturated carbocycles. The highest BCUT2D eigenvalue weighted by Crippen LogP contribution is 2.39. The molecule has 6 rings (SSSR count). The number of benzene rings is 1. The van der Waals surface area contributed by atoms with E-state index in [2.05, 4.69) is 51.7 Å². The summed E-state index contributed by atoms with van der Waals surface area (Å²) >= 11 is 1.82. The van der Waals surface area contributed by atoms with Crippen LogP contribution in [0.3, 0.4) is 0 Å². The summed E-state index contributed by atoms with van der Waals surface area (Å²) in [7, 11) is 0. The Balaban J connectivity index is 1.36. The van der Waals surface area contributed by atoms with Gasteiger partial charge in [0.1, 0.15) is 0 Å². The lowest BCUT2D eigenvalue weighted by Crippen LogP contribution is -2.59. The molecule has 2 fully saturated rings. The predicted molar refractivity (Wildman–Crippen MR) is 157 cm³/mol. The van der Waals surface area contributed by atoms with Crippen molar-refractivity contribution >= 4 is 44.2 Å². The number of thiophene rings is 1. The molecular formula is C29H37N7O2S. The second-order valence-electron chi connectivity index (χ2n) is 11.3. The van der Waals surface area contributed by atoms with Crippen LogP contribution in [0.15, 0.2) is 30.5 Å². The first-order valence-electron chi connectivity index (χ1n) is 13.7. The van der Waals surface area contributed by atoms with Gasteiger partial charge in [-0.2, -0.15) is 0 Å². The van der Waals surface area contributed by atoms with E-state index in [-0.39, 0.29) is 11.9 Å². The smallest absolute Gasteiger partial charge is 0.237 e. The molecule has 4 aromatic rings. The minimum absolute atomic E-state index is 0.236. The SMILES string of the molecule is Cc1c(CN2CCN(C(C)(C)C(N)=O)CC2)sc2c(N3CCOCC3C)nc(-c3c[nH]c4ccccc34)nc12. The van der Waals surface area contributed by atoms with Crippen molar-refractivity contribution in [1.29, 1.82) is 0 Å². The number of ether oxygens (including phenoxy) is 1. The summed E-state index contributed by atoms with van der Waals surface area (Å²) in [5.41, 5.74) is 9.40. The van der Waals surface area contributed by atoms with Crippen molar-refractivity contribution in [3.8, 4) is 11.4 Å². The molecular weight excluding hydrogens is 510 g/mol. The highest BCUT2D eigenvalue weighted by molar-refractivity contribution is 7.19. The van der Waals surface area contributed by atoms with Crippen LogP contribution in [0.4, 0.5) is 5.82 Å². The average Bonchev–Trinajstić information content (AvgIpc) is 3.50. The quantitative estimate of drug-likeness (QED) is 0.379. The molecule has 1 unspecified atom stereocenters. The zero-order valence-electron chi connectivity index (χ0n) is 23.2. The predicted octanol–water partition coefficient (Wildman–Crippen LogP) is 3.75. The Bertz CT molecular complexity index is 1520. The monoisotopic (exact) mass is 547 g/mol. The van der Waals surface area contributed by atoms with Crippen LogP contribution >= 0.6 is 11.3 Å². The fourth-order valence-electron chi connectivity index (χ4n) is 5.71. The van der Waals surface area contributed by atoms with E-state index in [9.17, 15) is 4.79 Å². The maximum absolute atomic E-state index is 11.9. The minimum atomic E-state index is -0.627. The number of aromatic nitrogens is 3. The third-order valence-corrected chi connectivity index (χ3v) is 9.71. The summed E-state index contributed by atoms with van der Waals surface area (Å²) in [6, 6.07) is 8.54. The summed E-state index contributed by atoms with van der Waals surface area (Å²) in [5, 5.41) is 1.13. The van der Waals surface area contributed by atoms with Gasteiger partial charge in [0.15, 0.2) is 11.6 Å². The van der Waals surface area contributed by atoms with E-state index in [0.717, 1.165) is 77.6 Å². The summed E-state index contributed by atoms with van der Waals surface area (Å²) < 4.78 is 6.90. The Morgan fingerprint density at radius 2 is 1.95 bits per heavy atom. The Kier molecular flexibility index (Phi) is 6.83. The molecule has 10 heteroatoms. The van der Waals surface area contributed by atoms with Gasteiger partial charge < -0.3 is 20.4 Å². The number of H-pyrrole nitrogens is 1. The number of hydrogen-bond donors (Lipinski definition) is 2. The first kappa shape index (κ1) is 26.2. The molecule has 2 aliphatic rings. The second kappa shape index (κ2) is 10.2. The van der Waals surface area contributed by atoms with E-state index in [0.29, 0.717) is 13.2 Å². The lowest BCUT2D eigenvalue weighted by Gasteiger charge is -2.42. The number of rotatable bonds is 6. The van der Waals surface area contributed by atoms with Gasteiger partial charge >= 0.3 is 0 Å². The number of carbonyl (C=O) groups excluding carboxylic acids is 1. The molecule has 1 amide bonds. The number of fused-ring (bicyclic) bond motifs is 2. The van der Waals surface area contributed by atoms with Crippen molar-refractivity contribution in [2.75, 3.05) is 50.8 Å². The molecule has 1 atom stereocenters. The van der Waals surface area contributed by atoms with Crippen molar-refractivity contribution in [1.82, 2.24) is 24.8 Å².